The number of nitrogens with one attached hydrogen (secondary N) is 1. The summed E-state index contributed by atoms with van der Waals surface area (Å²) in [5.74, 6) is 0. The Kier molecular flexibility index (Phi) is 3.99. The Hall–Kier alpha value is -1.39. The second-order valence-corrected chi connectivity index (χ2v) is 4.73. The second kappa shape index (κ2) is 5.50. The van der Waals surface area contributed by atoms with Crippen molar-refractivity contribution in [2.45, 2.75) is 26.4 Å². The van der Waals surface area contributed by atoms with Crippen LogP contribution in [0, 0.1) is 6.92 Å². The summed E-state index contributed by atoms with van der Waals surface area (Å²) in [5.41, 5.74) is 3.18. The lowest BCUT2D eigenvalue weighted by Crippen LogP contribution is -2.18. The Morgan fingerprint density at radius 2 is 2.28 bits per heavy atom. The van der Waals surface area contributed by atoms with Crippen molar-refractivity contribution in [3.63, 3.8) is 0 Å². The van der Waals surface area contributed by atoms with Gasteiger partial charge in [0.15, 0.2) is 0 Å². The van der Waals surface area contributed by atoms with Gasteiger partial charge in [-0.2, -0.15) is 5.10 Å². The first-order valence-electron chi connectivity index (χ1n) is 5.91. The molecule has 0 aliphatic heterocycles. The quantitative estimate of drug-likeness (QED) is 0.923. The number of aromatic nitrogens is 3. The fourth-order valence-corrected chi connectivity index (χ4v) is 2.12. The first-order valence-corrected chi connectivity index (χ1v) is 6.28. The maximum absolute atomic E-state index is 6.19. The molecule has 0 radical (unpaired) electrons. The lowest BCUT2D eigenvalue weighted by Gasteiger charge is -2.13. The van der Waals surface area contributed by atoms with Gasteiger partial charge >= 0.3 is 0 Å². The van der Waals surface area contributed by atoms with Gasteiger partial charge in [0.25, 0.3) is 0 Å². The predicted octanol–water partition coefficient (Wildman–Crippen LogP) is 2.63. The standard InChI is InChI=1S/C13H17ClN4/c1-9(11-5-4-6-15-7-11)16-8-12-10(2)17-18(3)13(12)14/h4-7,9,16H,8H2,1-3H3/t9-/m1/s1. The van der Waals surface area contributed by atoms with E-state index in [2.05, 4.69) is 28.4 Å². The minimum Gasteiger partial charge on any atom is -0.306 e. The van der Waals surface area contributed by atoms with E-state index >= 15 is 0 Å². The van der Waals surface area contributed by atoms with Crippen molar-refractivity contribution in [2.75, 3.05) is 0 Å². The highest BCUT2D eigenvalue weighted by Crippen LogP contribution is 2.19. The zero-order chi connectivity index (χ0) is 13.1. The average molecular weight is 265 g/mol. The van der Waals surface area contributed by atoms with Crippen LogP contribution in [-0.4, -0.2) is 14.8 Å². The lowest BCUT2D eigenvalue weighted by molar-refractivity contribution is 0.572. The third kappa shape index (κ3) is 2.71. The number of aryl methyl sites for hydroxylation is 2. The Morgan fingerprint density at radius 1 is 1.50 bits per heavy atom. The van der Waals surface area contributed by atoms with E-state index in [0.29, 0.717) is 11.7 Å². The van der Waals surface area contributed by atoms with Gasteiger partial charge in [-0.1, -0.05) is 17.7 Å². The fourth-order valence-electron chi connectivity index (χ4n) is 1.88. The van der Waals surface area contributed by atoms with Gasteiger partial charge in [0.2, 0.25) is 0 Å². The van der Waals surface area contributed by atoms with Crippen molar-refractivity contribution < 1.29 is 0 Å². The molecule has 0 saturated carbocycles. The van der Waals surface area contributed by atoms with E-state index < -0.39 is 0 Å². The molecule has 1 atom stereocenters. The van der Waals surface area contributed by atoms with E-state index in [0.717, 1.165) is 16.8 Å². The average Bonchev–Trinajstić information content (AvgIpc) is 2.62. The molecule has 0 spiro atoms. The summed E-state index contributed by atoms with van der Waals surface area (Å²) >= 11 is 6.19. The number of rotatable bonds is 4. The van der Waals surface area contributed by atoms with Crippen molar-refractivity contribution in [3.05, 3.63) is 46.5 Å². The highest BCUT2D eigenvalue weighted by molar-refractivity contribution is 6.30. The molecule has 0 aromatic carbocycles. The van der Waals surface area contributed by atoms with Crippen LogP contribution in [0.25, 0.3) is 0 Å². The molecule has 1 N–H and O–H groups in total. The summed E-state index contributed by atoms with van der Waals surface area (Å²) in [6, 6.07) is 4.23. The van der Waals surface area contributed by atoms with Crippen LogP contribution in [0.4, 0.5) is 0 Å². The van der Waals surface area contributed by atoms with Gasteiger partial charge in [-0.05, 0) is 25.5 Å². The van der Waals surface area contributed by atoms with Crippen LogP contribution >= 0.6 is 11.6 Å². The van der Waals surface area contributed by atoms with Crippen molar-refractivity contribution in [2.24, 2.45) is 7.05 Å². The number of hydrogen-bond acceptors (Lipinski definition) is 3. The molecular formula is C13H17ClN4. The van der Waals surface area contributed by atoms with Gasteiger partial charge in [0.05, 0.1) is 5.69 Å². The van der Waals surface area contributed by atoms with E-state index in [1.54, 1.807) is 10.9 Å². The molecule has 4 nitrogen and oxygen atoms in total. The van der Waals surface area contributed by atoms with Crippen LogP contribution in [0.1, 0.15) is 29.8 Å². The molecule has 2 heterocycles. The summed E-state index contributed by atoms with van der Waals surface area (Å²) in [7, 11) is 1.85. The Bertz CT molecular complexity index is 521. The molecule has 2 aromatic rings. The molecule has 5 heteroatoms. The molecule has 0 bridgehead atoms. The van der Waals surface area contributed by atoms with Gasteiger partial charge in [0.1, 0.15) is 5.15 Å². The minimum atomic E-state index is 0.231. The Morgan fingerprint density at radius 3 is 2.83 bits per heavy atom. The van der Waals surface area contributed by atoms with E-state index in [4.69, 9.17) is 11.6 Å². The van der Waals surface area contributed by atoms with E-state index in [9.17, 15) is 0 Å². The minimum absolute atomic E-state index is 0.231. The molecule has 96 valence electrons. The van der Waals surface area contributed by atoms with E-state index in [-0.39, 0.29) is 6.04 Å². The number of hydrogen-bond donors (Lipinski definition) is 1. The van der Waals surface area contributed by atoms with Crippen LogP contribution in [-0.2, 0) is 13.6 Å². The van der Waals surface area contributed by atoms with Gasteiger partial charge in [-0.25, -0.2) is 0 Å². The number of nitrogens with zero attached hydrogens (tertiary/aromatic N) is 3. The highest BCUT2D eigenvalue weighted by Gasteiger charge is 2.12. The van der Waals surface area contributed by atoms with Gasteiger partial charge in [-0.15, -0.1) is 0 Å². The Labute approximate surface area is 112 Å². The summed E-state index contributed by atoms with van der Waals surface area (Å²) in [4.78, 5) is 4.12. The molecule has 0 unspecified atom stereocenters. The van der Waals surface area contributed by atoms with E-state index in [1.165, 1.54) is 0 Å². The second-order valence-electron chi connectivity index (χ2n) is 4.37. The summed E-state index contributed by atoms with van der Waals surface area (Å²) in [5, 5.41) is 8.42. The molecule has 18 heavy (non-hydrogen) atoms. The van der Waals surface area contributed by atoms with Crippen molar-refractivity contribution >= 4 is 11.6 Å². The van der Waals surface area contributed by atoms with Crippen molar-refractivity contribution in [3.8, 4) is 0 Å². The normalized spacial score (nSPS) is 12.7. The summed E-state index contributed by atoms with van der Waals surface area (Å²) in [6.07, 6.45) is 3.65. The molecule has 0 saturated heterocycles. The topological polar surface area (TPSA) is 42.7 Å². The number of pyridine rings is 1. The molecular weight excluding hydrogens is 248 g/mol. The van der Waals surface area contributed by atoms with Crippen LogP contribution in [0.15, 0.2) is 24.5 Å². The lowest BCUT2D eigenvalue weighted by atomic mass is 10.1. The number of halogens is 1. The molecule has 0 fully saturated rings. The molecule has 0 aliphatic rings. The summed E-state index contributed by atoms with van der Waals surface area (Å²) in [6.45, 7) is 4.78. The monoisotopic (exact) mass is 264 g/mol. The van der Waals surface area contributed by atoms with Crippen molar-refractivity contribution in [1.82, 2.24) is 20.1 Å². The zero-order valence-electron chi connectivity index (χ0n) is 10.8. The Balaban J connectivity index is 2.04. The highest BCUT2D eigenvalue weighted by atomic mass is 35.5. The van der Waals surface area contributed by atoms with Crippen LogP contribution in [0.5, 0.6) is 0 Å². The largest absolute Gasteiger partial charge is 0.306 e. The maximum atomic E-state index is 6.19. The molecule has 2 aromatic heterocycles. The molecule has 0 aliphatic carbocycles. The smallest absolute Gasteiger partial charge is 0.131 e. The third-order valence-electron chi connectivity index (χ3n) is 3.04. The van der Waals surface area contributed by atoms with E-state index in [1.807, 2.05) is 26.2 Å². The predicted molar refractivity (Wildman–Crippen MR) is 72.4 cm³/mol. The van der Waals surface area contributed by atoms with Crippen LogP contribution < -0.4 is 5.32 Å². The molecule has 2 rings (SSSR count). The van der Waals surface area contributed by atoms with Crippen LogP contribution in [0.3, 0.4) is 0 Å². The van der Waals surface area contributed by atoms with Gasteiger partial charge in [0, 0.05) is 37.6 Å². The molecule has 0 amide bonds. The van der Waals surface area contributed by atoms with Gasteiger partial charge < -0.3 is 5.32 Å². The zero-order valence-corrected chi connectivity index (χ0v) is 11.6. The first-order chi connectivity index (χ1) is 8.59. The van der Waals surface area contributed by atoms with Crippen LogP contribution in [0.2, 0.25) is 5.15 Å². The fraction of sp³-hybridized carbons (Fsp3) is 0.385. The first kappa shape index (κ1) is 13.1. The summed E-state index contributed by atoms with van der Waals surface area (Å²) < 4.78 is 1.70. The van der Waals surface area contributed by atoms with Gasteiger partial charge in [-0.3, -0.25) is 9.67 Å². The SMILES string of the molecule is Cc1nn(C)c(Cl)c1CN[C@H](C)c1cccnc1. The maximum Gasteiger partial charge on any atom is 0.131 e. The third-order valence-corrected chi connectivity index (χ3v) is 3.51. The van der Waals surface area contributed by atoms with Crippen molar-refractivity contribution in [1.29, 1.82) is 0 Å².